The Morgan fingerprint density at radius 3 is 1.88 bits per heavy atom. The molecule has 0 amide bonds. The Hall–Kier alpha value is -7.83. The maximum atomic E-state index is 9.57. The number of para-hydroxylation sites is 2. The van der Waals surface area contributed by atoms with Crippen molar-refractivity contribution in [1.82, 2.24) is 19.5 Å². The molecule has 4 heterocycles. The summed E-state index contributed by atoms with van der Waals surface area (Å²) in [7, 11) is 0. The molecule has 12 rings (SSSR count). The lowest BCUT2D eigenvalue weighted by Crippen LogP contribution is -2.00. The van der Waals surface area contributed by atoms with Crippen LogP contribution in [0.5, 0.6) is 0 Å². The molecule has 266 valence electrons. The number of rotatable bonds is 5. The molecule has 0 spiro atoms. The van der Waals surface area contributed by atoms with Gasteiger partial charge < -0.3 is 13.4 Å². The summed E-state index contributed by atoms with van der Waals surface area (Å²) in [5, 5.41) is 1.50. The molecule has 0 atom stereocenters. The standard InChI is InChI=1S/C51H30N4O2/c1-3-11-31(12-4-1)33-21-26-45-42(27-33)41-24-20-35(29-47(41)56-45)51-53-49(32-13-5-2-6-14-32)52-50(54-51)34-19-23-39-40-25-22-36(30-48(40)57-46(39)28-34)55-43-17-9-7-15-37(43)38-16-8-10-18-44(38)55/h1-30H/i7D,9D,10D,15D,16D,17D,18D,19D,22D,23D,25D,28D. The van der Waals surface area contributed by atoms with Gasteiger partial charge in [0.15, 0.2) is 17.5 Å². The lowest BCUT2D eigenvalue weighted by molar-refractivity contribution is 0.668. The molecule has 0 fully saturated rings. The number of furan rings is 2. The van der Waals surface area contributed by atoms with Crippen molar-refractivity contribution in [2.24, 2.45) is 0 Å². The molecule has 12 aromatic rings. The van der Waals surface area contributed by atoms with Gasteiger partial charge in [-0.05, 0) is 71.6 Å². The van der Waals surface area contributed by atoms with Crippen molar-refractivity contribution in [2.45, 2.75) is 0 Å². The van der Waals surface area contributed by atoms with Crippen molar-refractivity contribution in [3.05, 3.63) is 182 Å². The Morgan fingerprint density at radius 1 is 0.386 bits per heavy atom. The molecule has 0 saturated carbocycles. The second-order valence-corrected chi connectivity index (χ2v) is 13.5. The maximum Gasteiger partial charge on any atom is 0.164 e. The van der Waals surface area contributed by atoms with Gasteiger partial charge >= 0.3 is 0 Å². The van der Waals surface area contributed by atoms with Crippen molar-refractivity contribution in [3.63, 3.8) is 0 Å². The maximum absolute atomic E-state index is 9.57. The summed E-state index contributed by atoms with van der Waals surface area (Å²) in [5.41, 5.74) is 3.57. The average molecular weight is 743 g/mol. The van der Waals surface area contributed by atoms with Gasteiger partial charge in [-0.25, -0.2) is 15.0 Å². The largest absolute Gasteiger partial charge is 0.456 e. The van der Waals surface area contributed by atoms with Crippen LogP contribution < -0.4 is 0 Å². The van der Waals surface area contributed by atoms with Crippen LogP contribution in [-0.2, 0) is 0 Å². The summed E-state index contributed by atoms with van der Waals surface area (Å²) in [6, 6.07) is 27.6. The normalized spacial score (nSPS) is 14.8. The Bertz CT molecular complexity index is 4230. The molecule has 0 unspecified atom stereocenters. The fourth-order valence-electron chi connectivity index (χ4n) is 7.44. The van der Waals surface area contributed by atoms with Gasteiger partial charge in [0.05, 0.1) is 27.5 Å². The highest BCUT2D eigenvalue weighted by Crippen LogP contribution is 2.38. The molecule has 0 aliphatic carbocycles. The minimum absolute atomic E-state index is 0.0412. The van der Waals surface area contributed by atoms with E-state index in [1.807, 2.05) is 91.0 Å². The second kappa shape index (κ2) is 12.3. The van der Waals surface area contributed by atoms with Crippen LogP contribution in [0.4, 0.5) is 0 Å². The molecule has 6 heteroatoms. The van der Waals surface area contributed by atoms with E-state index in [0.29, 0.717) is 22.3 Å². The van der Waals surface area contributed by atoms with E-state index in [-0.39, 0.29) is 90.6 Å². The van der Waals surface area contributed by atoms with E-state index in [4.69, 9.17) is 33.4 Å². The minimum atomic E-state index is -0.610. The van der Waals surface area contributed by atoms with Gasteiger partial charge in [-0.1, -0.05) is 115 Å². The van der Waals surface area contributed by atoms with Gasteiger partial charge in [0.25, 0.3) is 0 Å². The topological polar surface area (TPSA) is 69.9 Å². The monoisotopic (exact) mass is 742 g/mol. The molecular formula is C51H30N4O2. The zero-order chi connectivity index (χ0) is 47.9. The quantitative estimate of drug-likeness (QED) is 0.176. The predicted molar refractivity (Wildman–Crippen MR) is 230 cm³/mol. The smallest absolute Gasteiger partial charge is 0.164 e. The summed E-state index contributed by atoms with van der Waals surface area (Å²) in [5.74, 6) is 0.321. The van der Waals surface area contributed by atoms with Gasteiger partial charge in [0.2, 0.25) is 0 Å². The highest BCUT2D eigenvalue weighted by atomic mass is 16.3. The Balaban J connectivity index is 1.07. The number of hydrogen-bond acceptors (Lipinski definition) is 5. The van der Waals surface area contributed by atoms with Gasteiger partial charge in [0.1, 0.15) is 22.3 Å². The third-order valence-corrected chi connectivity index (χ3v) is 10.1. The molecule has 0 radical (unpaired) electrons. The molecule has 0 aliphatic heterocycles. The highest BCUT2D eigenvalue weighted by molar-refractivity contribution is 6.11. The first-order chi connectivity index (χ1) is 33.2. The molecule has 6 nitrogen and oxygen atoms in total. The lowest BCUT2D eigenvalue weighted by Gasteiger charge is -2.08. The van der Waals surface area contributed by atoms with E-state index < -0.39 is 54.4 Å². The van der Waals surface area contributed by atoms with Crippen LogP contribution >= 0.6 is 0 Å². The van der Waals surface area contributed by atoms with Crippen molar-refractivity contribution >= 4 is 65.7 Å². The first kappa shape index (κ1) is 21.9. The molecule has 0 aliphatic rings. The fraction of sp³-hybridized carbons (Fsp3) is 0. The number of benzene rings is 8. The molecule has 57 heavy (non-hydrogen) atoms. The first-order valence-electron chi connectivity index (χ1n) is 24.0. The van der Waals surface area contributed by atoms with Crippen molar-refractivity contribution in [3.8, 4) is 51.0 Å². The minimum Gasteiger partial charge on any atom is -0.456 e. The van der Waals surface area contributed by atoms with Crippen LogP contribution in [0.1, 0.15) is 16.4 Å². The average Bonchev–Trinajstić information content (AvgIpc) is 4.06. The predicted octanol–water partition coefficient (Wildman–Crippen LogP) is 13.4. The van der Waals surface area contributed by atoms with E-state index in [2.05, 4.69) is 6.07 Å². The van der Waals surface area contributed by atoms with Crippen LogP contribution in [0.2, 0.25) is 0 Å². The zero-order valence-electron chi connectivity index (χ0n) is 41.5. The SMILES string of the molecule is [2H]c1cc([2H])c2c3c([2H])c([2H])c([2H])c([2H])c3n(-c3cc4oc5c([2H])c(-c6nc(-c7ccccc7)nc(-c7ccc8c(c7)oc7ccc(-c9ccccc9)cc78)n6)c([2H])c([2H])c5c4c([2H])c3[2H])c2c1[2H]. The third-order valence-electron chi connectivity index (χ3n) is 10.1. The summed E-state index contributed by atoms with van der Waals surface area (Å²) < 4.78 is 122. The number of fused-ring (bicyclic) bond motifs is 9. The second-order valence-electron chi connectivity index (χ2n) is 13.5. The van der Waals surface area contributed by atoms with Crippen LogP contribution in [-0.4, -0.2) is 19.5 Å². The van der Waals surface area contributed by atoms with E-state index in [0.717, 1.165) is 28.0 Å². The van der Waals surface area contributed by atoms with Crippen molar-refractivity contribution < 1.29 is 25.3 Å². The van der Waals surface area contributed by atoms with E-state index in [9.17, 15) is 6.85 Å². The van der Waals surface area contributed by atoms with E-state index in [1.165, 1.54) is 10.6 Å². The third kappa shape index (κ3) is 5.08. The number of nitrogens with zero attached hydrogens (tertiary/aromatic N) is 4. The van der Waals surface area contributed by atoms with E-state index >= 15 is 0 Å². The van der Waals surface area contributed by atoms with Crippen LogP contribution in [0.25, 0.3) is 117 Å². The molecule has 4 aromatic heterocycles. The fourth-order valence-corrected chi connectivity index (χ4v) is 7.44. The van der Waals surface area contributed by atoms with Gasteiger partial charge in [0, 0.05) is 60.8 Å². The van der Waals surface area contributed by atoms with Gasteiger partial charge in [-0.3, -0.25) is 0 Å². The molecule has 8 aromatic carbocycles. The first-order valence-corrected chi connectivity index (χ1v) is 18.0. The van der Waals surface area contributed by atoms with Crippen LogP contribution in [0.15, 0.2) is 191 Å². The molecule has 0 saturated heterocycles. The lowest BCUT2D eigenvalue weighted by atomic mass is 10.0. The number of hydrogen-bond donors (Lipinski definition) is 0. The van der Waals surface area contributed by atoms with Crippen molar-refractivity contribution in [2.75, 3.05) is 0 Å². The van der Waals surface area contributed by atoms with Crippen LogP contribution in [0, 0.1) is 0 Å². The molecule has 0 bridgehead atoms. The van der Waals surface area contributed by atoms with E-state index in [1.54, 1.807) is 0 Å². The Morgan fingerprint density at radius 2 is 1.04 bits per heavy atom. The molecular weight excluding hydrogens is 701 g/mol. The highest BCUT2D eigenvalue weighted by Gasteiger charge is 2.18. The van der Waals surface area contributed by atoms with Gasteiger partial charge in [-0.15, -0.1) is 0 Å². The molecule has 0 N–H and O–H groups in total. The summed E-state index contributed by atoms with van der Waals surface area (Å²) in [4.78, 5) is 14.4. The Labute approximate surface area is 342 Å². The summed E-state index contributed by atoms with van der Waals surface area (Å²) >= 11 is 0. The van der Waals surface area contributed by atoms with Crippen LogP contribution in [0.3, 0.4) is 0 Å². The summed E-state index contributed by atoms with van der Waals surface area (Å²) in [6.45, 7) is 0. The summed E-state index contributed by atoms with van der Waals surface area (Å²) in [6.07, 6.45) is 0. The van der Waals surface area contributed by atoms with Gasteiger partial charge in [-0.2, -0.15) is 0 Å². The van der Waals surface area contributed by atoms with Crippen molar-refractivity contribution in [1.29, 1.82) is 0 Å². The zero-order valence-corrected chi connectivity index (χ0v) is 29.5. The number of aromatic nitrogens is 4. The Kier molecular flexibility index (Phi) is 4.74.